The summed E-state index contributed by atoms with van der Waals surface area (Å²) in [5.74, 6) is 0.0633. The lowest BCUT2D eigenvalue weighted by atomic mass is 10.1. The van der Waals surface area contributed by atoms with E-state index in [1.54, 1.807) is 6.20 Å². The summed E-state index contributed by atoms with van der Waals surface area (Å²) >= 11 is 6.14. The molecule has 1 atom stereocenters. The molecule has 10 heteroatoms. The largest absolute Gasteiger partial charge is 0.379 e. The number of urea groups is 1. The molecule has 0 saturated carbocycles. The smallest absolute Gasteiger partial charge is 0.318 e. The summed E-state index contributed by atoms with van der Waals surface area (Å²) < 4.78 is 5.42. The van der Waals surface area contributed by atoms with Gasteiger partial charge in [0, 0.05) is 81.2 Å². The van der Waals surface area contributed by atoms with Gasteiger partial charge < -0.3 is 24.8 Å². The molecule has 3 amide bonds. The number of hydrogen-bond donors (Lipinski definition) is 1. The number of hydrogen-bond acceptors (Lipinski definition) is 6. The first-order valence-electron chi connectivity index (χ1n) is 13.5. The van der Waals surface area contributed by atoms with Crippen LogP contribution in [0.15, 0.2) is 30.5 Å². The van der Waals surface area contributed by atoms with E-state index >= 15 is 0 Å². The fourth-order valence-corrected chi connectivity index (χ4v) is 5.71. The maximum Gasteiger partial charge on any atom is 0.318 e. The lowest BCUT2D eigenvalue weighted by molar-refractivity contribution is -0.132. The zero-order valence-electron chi connectivity index (χ0n) is 21.4. The van der Waals surface area contributed by atoms with Crippen LogP contribution >= 0.6 is 11.6 Å². The molecule has 3 aliphatic heterocycles. The van der Waals surface area contributed by atoms with Gasteiger partial charge in [0.25, 0.3) is 0 Å². The standard InChI is InChI=1S/C27H37ClN6O3/c28-21-5-6-22-24(20-21)29-8-7-25(22)32-12-14-34(15-13-32)27(36)30-23-4-1-2-10-33(26(23)35)11-3-9-31-16-18-37-19-17-31/h5-8,20,23H,1-4,9-19H2,(H,30,36). The molecule has 0 spiro atoms. The molecule has 2 aromatic rings. The molecule has 200 valence electrons. The van der Waals surface area contributed by atoms with E-state index in [0.29, 0.717) is 24.5 Å². The number of ether oxygens (including phenoxy) is 1. The molecule has 0 bridgehead atoms. The summed E-state index contributed by atoms with van der Waals surface area (Å²) in [6.45, 7) is 8.66. The van der Waals surface area contributed by atoms with E-state index in [4.69, 9.17) is 16.3 Å². The predicted molar refractivity (Wildman–Crippen MR) is 145 cm³/mol. The molecule has 3 aliphatic rings. The molecule has 3 saturated heterocycles. The third-order valence-corrected chi connectivity index (χ3v) is 7.91. The van der Waals surface area contributed by atoms with E-state index in [0.717, 1.165) is 94.9 Å². The Balaban J connectivity index is 1.12. The van der Waals surface area contributed by atoms with Gasteiger partial charge >= 0.3 is 6.03 Å². The van der Waals surface area contributed by atoms with E-state index < -0.39 is 6.04 Å². The van der Waals surface area contributed by atoms with Gasteiger partial charge in [-0.05, 0) is 49.9 Å². The average Bonchev–Trinajstić information content (AvgIpc) is 3.10. The zero-order chi connectivity index (χ0) is 25.6. The summed E-state index contributed by atoms with van der Waals surface area (Å²) in [7, 11) is 0. The maximum absolute atomic E-state index is 13.3. The highest BCUT2D eigenvalue weighted by Gasteiger charge is 2.30. The van der Waals surface area contributed by atoms with Crippen molar-refractivity contribution >= 4 is 40.1 Å². The Morgan fingerprint density at radius 1 is 1.03 bits per heavy atom. The van der Waals surface area contributed by atoms with Crippen LogP contribution in [0.5, 0.6) is 0 Å². The second-order valence-corrected chi connectivity index (χ2v) is 10.5. The van der Waals surface area contributed by atoms with Gasteiger partial charge in [0.1, 0.15) is 6.04 Å². The molecule has 0 radical (unpaired) electrons. The molecular weight excluding hydrogens is 492 g/mol. The number of morpholine rings is 1. The molecular formula is C27H37ClN6O3. The van der Waals surface area contributed by atoms with Gasteiger partial charge in [-0.3, -0.25) is 14.7 Å². The second kappa shape index (κ2) is 12.3. The van der Waals surface area contributed by atoms with Gasteiger partial charge in [-0.1, -0.05) is 11.6 Å². The fourth-order valence-electron chi connectivity index (χ4n) is 5.54. The monoisotopic (exact) mass is 528 g/mol. The Hall–Kier alpha value is -2.62. The number of likely N-dealkylation sites (tertiary alicyclic amines) is 1. The zero-order valence-corrected chi connectivity index (χ0v) is 22.2. The minimum Gasteiger partial charge on any atom is -0.379 e. The topological polar surface area (TPSA) is 81.2 Å². The Labute approximate surface area is 223 Å². The number of aromatic nitrogens is 1. The van der Waals surface area contributed by atoms with Crippen molar-refractivity contribution in [3.05, 3.63) is 35.5 Å². The summed E-state index contributed by atoms with van der Waals surface area (Å²) in [4.78, 5) is 39.3. The van der Waals surface area contributed by atoms with E-state index in [-0.39, 0.29) is 11.9 Å². The second-order valence-electron chi connectivity index (χ2n) is 10.1. The number of carbonyl (C=O) groups excluding carboxylic acids is 2. The van der Waals surface area contributed by atoms with Crippen LogP contribution in [0.4, 0.5) is 10.5 Å². The predicted octanol–water partition coefficient (Wildman–Crippen LogP) is 2.82. The van der Waals surface area contributed by atoms with Crippen molar-refractivity contribution in [2.45, 2.75) is 31.7 Å². The minimum atomic E-state index is -0.440. The Kier molecular flexibility index (Phi) is 8.63. The van der Waals surface area contributed by atoms with Crippen LogP contribution in [-0.4, -0.2) is 110 Å². The number of amides is 3. The Morgan fingerprint density at radius 3 is 2.65 bits per heavy atom. The number of nitrogens with one attached hydrogen (secondary N) is 1. The summed E-state index contributed by atoms with van der Waals surface area (Å²) in [6.07, 6.45) is 5.39. The van der Waals surface area contributed by atoms with Gasteiger partial charge in [-0.2, -0.15) is 0 Å². The number of rotatable bonds is 6. The van der Waals surface area contributed by atoms with Crippen molar-refractivity contribution in [2.24, 2.45) is 0 Å². The van der Waals surface area contributed by atoms with Crippen molar-refractivity contribution in [3.8, 4) is 0 Å². The van der Waals surface area contributed by atoms with Crippen molar-refractivity contribution in [2.75, 3.05) is 77.0 Å². The molecule has 1 aromatic carbocycles. The number of pyridine rings is 1. The SMILES string of the molecule is O=C(NC1CCCCN(CCCN2CCOCC2)C1=O)N1CCN(c2ccnc3cc(Cl)ccc23)CC1. The number of piperazine rings is 1. The van der Waals surface area contributed by atoms with Crippen LogP contribution in [0.2, 0.25) is 5.02 Å². The van der Waals surface area contributed by atoms with Gasteiger partial charge in [-0.15, -0.1) is 0 Å². The fraction of sp³-hybridized carbons (Fsp3) is 0.593. The van der Waals surface area contributed by atoms with Crippen molar-refractivity contribution < 1.29 is 14.3 Å². The Bertz CT molecular complexity index is 1090. The molecule has 0 aliphatic carbocycles. The highest BCUT2D eigenvalue weighted by Crippen LogP contribution is 2.28. The van der Waals surface area contributed by atoms with E-state index in [1.165, 1.54) is 0 Å². The quantitative estimate of drug-likeness (QED) is 0.621. The molecule has 5 rings (SSSR count). The lowest BCUT2D eigenvalue weighted by Gasteiger charge is -2.37. The summed E-state index contributed by atoms with van der Waals surface area (Å²) in [5, 5.41) is 4.79. The molecule has 3 fully saturated rings. The number of halogens is 1. The van der Waals surface area contributed by atoms with Crippen LogP contribution in [0.3, 0.4) is 0 Å². The summed E-state index contributed by atoms with van der Waals surface area (Å²) in [5.41, 5.74) is 1.97. The van der Waals surface area contributed by atoms with Gasteiger partial charge in [0.15, 0.2) is 0 Å². The molecule has 4 heterocycles. The van der Waals surface area contributed by atoms with Gasteiger partial charge in [0.2, 0.25) is 5.91 Å². The average molecular weight is 529 g/mol. The number of nitrogens with zero attached hydrogens (tertiary/aromatic N) is 5. The number of benzene rings is 1. The van der Waals surface area contributed by atoms with Crippen LogP contribution < -0.4 is 10.2 Å². The Morgan fingerprint density at radius 2 is 1.84 bits per heavy atom. The van der Waals surface area contributed by atoms with Crippen LogP contribution in [-0.2, 0) is 9.53 Å². The van der Waals surface area contributed by atoms with Crippen molar-refractivity contribution in [1.29, 1.82) is 0 Å². The van der Waals surface area contributed by atoms with E-state index in [1.807, 2.05) is 34.1 Å². The molecule has 1 N–H and O–H groups in total. The third kappa shape index (κ3) is 6.45. The third-order valence-electron chi connectivity index (χ3n) is 7.67. The first kappa shape index (κ1) is 26.0. The first-order valence-corrected chi connectivity index (χ1v) is 13.9. The van der Waals surface area contributed by atoms with E-state index in [2.05, 4.69) is 20.1 Å². The molecule has 1 unspecified atom stereocenters. The van der Waals surface area contributed by atoms with Crippen LogP contribution in [0.1, 0.15) is 25.7 Å². The van der Waals surface area contributed by atoms with Crippen LogP contribution in [0, 0.1) is 0 Å². The minimum absolute atomic E-state index is 0.0633. The molecule has 37 heavy (non-hydrogen) atoms. The number of carbonyl (C=O) groups is 2. The maximum atomic E-state index is 13.3. The first-order chi connectivity index (χ1) is 18.1. The number of fused-ring (bicyclic) bond motifs is 1. The van der Waals surface area contributed by atoms with Crippen molar-refractivity contribution in [1.82, 2.24) is 25.0 Å². The van der Waals surface area contributed by atoms with Crippen molar-refractivity contribution in [3.63, 3.8) is 0 Å². The van der Waals surface area contributed by atoms with Gasteiger partial charge in [-0.25, -0.2) is 4.79 Å². The molecule has 9 nitrogen and oxygen atoms in total. The number of anilines is 1. The summed E-state index contributed by atoms with van der Waals surface area (Å²) in [6, 6.07) is 7.20. The highest BCUT2D eigenvalue weighted by atomic mass is 35.5. The molecule has 1 aromatic heterocycles. The highest BCUT2D eigenvalue weighted by molar-refractivity contribution is 6.31. The van der Waals surface area contributed by atoms with E-state index in [9.17, 15) is 9.59 Å². The van der Waals surface area contributed by atoms with Crippen LogP contribution in [0.25, 0.3) is 10.9 Å². The lowest BCUT2D eigenvalue weighted by Crippen LogP contribution is -2.56. The van der Waals surface area contributed by atoms with Gasteiger partial charge in [0.05, 0.1) is 18.7 Å². The normalized spacial score (nSPS) is 21.8.